The van der Waals surface area contributed by atoms with Crippen LogP contribution in [0, 0.1) is 0 Å². The Kier molecular flexibility index (Phi) is 9.54. The van der Waals surface area contributed by atoms with Crippen molar-refractivity contribution in [3.8, 4) is 5.75 Å². The van der Waals surface area contributed by atoms with Crippen LogP contribution in [0.2, 0.25) is 0 Å². The lowest BCUT2D eigenvalue weighted by Gasteiger charge is -2.31. The van der Waals surface area contributed by atoms with Crippen LogP contribution < -0.4 is 9.64 Å². The molecular weight excluding hydrogens is 487 g/mol. The summed E-state index contributed by atoms with van der Waals surface area (Å²) in [6.45, 7) is 2.54. The van der Waals surface area contributed by atoms with E-state index < -0.39 is 18.1 Å². The van der Waals surface area contributed by atoms with Crippen molar-refractivity contribution in [1.82, 2.24) is 0 Å². The Morgan fingerprint density at radius 2 is 1.46 bits per heavy atom. The number of carboxylic acids is 2. The van der Waals surface area contributed by atoms with Crippen LogP contribution in [0.15, 0.2) is 72.8 Å². The molecule has 0 aromatic heterocycles. The number of para-hydroxylation sites is 1. The van der Waals surface area contributed by atoms with Gasteiger partial charge in [-0.3, -0.25) is 4.79 Å². The molecular formula is C28H28F3NO5. The molecule has 196 valence electrons. The molecule has 0 amide bonds. The normalized spacial score (nSPS) is 12.7. The van der Waals surface area contributed by atoms with E-state index in [4.69, 9.17) is 19.7 Å². The number of aliphatic carboxylic acids is 2. The zero-order valence-electron chi connectivity index (χ0n) is 20.1. The molecule has 0 saturated heterocycles. The summed E-state index contributed by atoms with van der Waals surface area (Å²) in [6.07, 6.45) is -2.02. The fraction of sp³-hybridized carbons (Fsp3) is 0.286. The molecule has 6 nitrogen and oxygen atoms in total. The molecule has 0 saturated carbocycles. The quantitative estimate of drug-likeness (QED) is 0.390. The molecule has 37 heavy (non-hydrogen) atoms. The van der Waals surface area contributed by atoms with Gasteiger partial charge in [0, 0.05) is 25.2 Å². The van der Waals surface area contributed by atoms with Crippen molar-refractivity contribution in [2.45, 2.75) is 45.0 Å². The van der Waals surface area contributed by atoms with Gasteiger partial charge in [-0.15, -0.1) is 0 Å². The van der Waals surface area contributed by atoms with Crippen molar-refractivity contribution in [3.05, 3.63) is 95.1 Å². The van der Waals surface area contributed by atoms with Crippen LogP contribution in [0.1, 0.15) is 35.1 Å². The number of hydrogen-bond donors (Lipinski definition) is 2. The molecule has 0 bridgehead atoms. The number of benzene rings is 3. The highest BCUT2D eigenvalue weighted by molar-refractivity contribution is 5.73. The molecule has 1 heterocycles. The van der Waals surface area contributed by atoms with Crippen LogP contribution in [0.4, 0.5) is 18.9 Å². The minimum atomic E-state index is -5.08. The molecule has 0 unspecified atom stereocenters. The van der Waals surface area contributed by atoms with Crippen LogP contribution >= 0.6 is 0 Å². The van der Waals surface area contributed by atoms with E-state index in [0.29, 0.717) is 13.0 Å². The number of rotatable bonds is 8. The van der Waals surface area contributed by atoms with Crippen molar-refractivity contribution < 1.29 is 37.7 Å². The summed E-state index contributed by atoms with van der Waals surface area (Å²) in [5.41, 5.74) is 6.25. The van der Waals surface area contributed by atoms with E-state index >= 15 is 0 Å². The maximum absolute atomic E-state index is 10.7. The number of hydrogen-bond acceptors (Lipinski definition) is 4. The highest BCUT2D eigenvalue weighted by atomic mass is 19.4. The Balaban J connectivity index is 0.000000479. The average molecular weight is 516 g/mol. The maximum Gasteiger partial charge on any atom is 0.490 e. The summed E-state index contributed by atoms with van der Waals surface area (Å²) in [7, 11) is 0. The van der Waals surface area contributed by atoms with Gasteiger partial charge in [0.15, 0.2) is 0 Å². The first-order chi connectivity index (χ1) is 17.6. The second kappa shape index (κ2) is 12.8. The molecule has 0 atom stereocenters. The molecule has 4 rings (SSSR count). The summed E-state index contributed by atoms with van der Waals surface area (Å²) in [5.74, 6) is -2.74. The predicted octanol–water partition coefficient (Wildman–Crippen LogP) is 5.87. The highest BCUT2D eigenvalue weighted by Crippen LogP contribution is 2.28. The lowest BCUT2D eigenvalue weighted by molar-refractivity contribution is -0.192. The summed E-state index contributed by atoms with van der Waals surface area (Å²) in [4.78, 5) is 22.0. The smallest absolute Gasteiger partial charge is 0.489 e. The van der Waals surface area contributed by atoms with Gasteiger partial charge in [-0.25, -0.2) is 4.79 Å². The third-order valence-corrected chi connectivity index (χ3v) is 5.80. The molecule has 3 aromatic carbocycles. The zero-order chi connectivity index (χ0) is 26.8. The van der Waals surface area contributed by atoms with Gasteiger partial charge >= 0.3 is 18.1 Å². The molecule has 3 aromatic rings. The fourth-order valence-electron chi connectivity index (χ4n) is 3.91. The minimum Gasteiger partial charge on any atom is -0.489 e. The third-order valence-electron chi connectivity index (χ3n) is 5.80. The van der Waals surface area contributed by atoms with E-state index in [9.17, 15) is 18.0 Å². The first-order valence-electron chi connectivity index (χ1n) is 11.8. The van der Waals surface area contributed by atoms with Crippen molar-refractivity contribution in [1.29, 1.82) is 0 Å². The van der Waals surface area contributed by atoms with Crippen molar-refractivity contribution in [2.24, 2.45) is 0 Å². The van der Waals surface area contributed by atoms with Crippen LogP contribution in [-0.2, 0) is 35.6 Å². The number of alkyl halides is 3. The van der Waals surface area contributed by atoms with Crippen LogP contribution in [0.25, 0.3) is 0 Å². The molecule has 0 aliphatic carbocycles. The largest absolute Gasteiger partial charge is 0.490 e. The lowest BCUT2D eigenvalue weighted by Crippen LogP contribution is -2.28. The SMILES string of the molecule is O=C(O)C(F)(F)F.O=C(O)CCc1ccc(OCc2ccc(CN3CCCc4ccccc43)cc2)cc1. The Bertz CT molecular complexity index is 1180. The Morgan fingerprint density at radius 3 is 2.08 bits per heavy atom. The van der Waals surface area contributed by atoms with Gasteiger partial charge in [-0.1, -0.05) is 54.6 Å². The van der Waals surface area contributed by atoms with Crippen LogP contribution in [-0.4, -0.2) is 34.9 Å². The third kappa shape index (κ3) is 8.86. The summed E-state index contributed by atoms with van der Waals surface area (Å²) >= 11 is 0. The number of carboxylic acid groups (broad SMARTS) is 2. The highest BCUT2D eigenvalue weighted by Gasteiger charge is 2.38. The standard InChI is InChI=1S/C26H27NO3.C2HF3O2/c28-26(29)16-13-20-11-14-24(15-12-20)30-19-22-9-7-21(8-10-22)18-27-17-3-5-23-4-1-2-6-25(23)27;3-2(4,5)1(6)7/h1-2,4,6-12,14-15H,3,5,13,16-19H2,(H,28,29);(H,6,7). The van der Waals surface area contributed by atoms with E-state index in [2.05, 4.69) is 53.4 Å². The van der Waals surface area contributed by atoms with Crippen molar-refractivity contribution in [3.63, 3.8) is 0 Å². The van der Waals surface area contributed by atoms with Crippen molar-refractivity contribution in [2.75, 3.05) is 11.4 Å². The number of fused-ring (bicyclic) bond motifs is 1. The van der Waals surface area contributed by atoms with Gasteiger partial charge in [-0.05, 0) is 59.7 Å². The molecule has 0 radical (unpaired) electrons. The fourth-order valence-corrected chi connectivity index (χ4v) is 3.91. The summed E-state index contributed by atoms with van der Waals surface area (Å²) in [6, 6.07) is 25.0. The van der Waals surface area contributed by atoms with Crippen molar-refractivity contribution >= 4 is 17.6 Å². The Hall–Kier alpha value is -4.01. The van der Waals surface area contributed by atoms with Gasteiger partial charge in [0.25, 0.3) is 0 Å². The molecule has 9 heteroatoms. The van der Waals surface area contributed by atoms with E-state index in [-0.39, 0.29) is 6.42 Å². The van der Waals surface area contributed by atoms with Crippen LogP contribution in [0.3, 0.4) is 0 Å². The zero-order valence-corrected chi connectivity index (χ0v) is 20.1. The number of aryl methyl sites for hydroxylation is 2. The molecule has 1 aliphatic heterocycles. The second-order valence-corrected chi connectivity index (χ2v) is 8.60. The van der Waals surface area contributed by atoms with Crippen LogP contribution in [0.5, 0.6) is 5.75 Å². The summed E-state index contributed by atoms with van der Waals surface area (Å²) in [5, 5.41) is 15.9. The van der Waals surface area contributed by atoms with Gasteiger partial charge in [0.05, 0.1) is 0 Å². The monoisotopic (exact) mass is 515 g/mol. The number of halogens is 3. The average Bonchev–Trinajstić information content (AvgIpc) is 2.88. The van der Waals surface area contributed by atoms with E-state index in [1.165, 1.54) is 29.7 Å². The van der Waals surface area contributed by atoms with Gasteiger partial charge in [-0.2, -0.15) is 13.2 Å². The van der Waals surface area contributed by atoms with E-state index in [0.717, 1.165) is 30.0 Å². The molecule has 2 N–H and O–H groups in total. The Labute approximate surface area is 212 Å². The van der Waals surface area contributed by atoms with E-state index in [1.54, 1.807) is 0 Å². The first kappa shape index (κ1) is 27.6. The number of ether oxygens (including phenoxy) is 1. The lowest BCUT2D eigenvalue weighted by atomic mass is 10.0. The number of carbonyl (C=O) groups is 2. The molecule has 1 aliphatic rings. The first-order valence-corrected chi connectivity index (χ1v) is 11.8. The second-order valence-electron chi connectivity index (χ2n) is 8.60. The molecule has 0 fully saturated rings. The topological polar surface area (TPSA) is 87.1 Å². The number of nitrogens with zero attached hydrogens (tertiary/aromatic N) is 1. The van der Waals surface area contributed by atoms with Gasteiger partial charge < -0.3 is 19.8 Å². The number of anilines is 1. The molecule has 0 spiro atoms. The van der Waals surface area contributed by atoms with Gasteiger partial charge in [0.2, 0.25) is 0 Å². The minimum absolute atomic E-state index is 0.148. The predicted molar refractivity (Wildman–Crippen MR) is 133 cm³/mol. The van der Waals surface area contributed by atoms with E-state index in [1.807, 2.05) is 24.3 Å². The van der Waals surface area contributed by atoms with Gasteiger partial charge in [0.1, 0.15) is 12.4 Å². The summed E-state index contributed by atoms with van der Waals surface area (Å²) < 4.78 is 37.6. The Morgan fingerprint density at radius 1 is 0.865 bits per heavy atom. The maximum atomic E-state index is 10.7.